The summed E-state index contributed by atoms with van der Waals surface area (Å²) in [5.74, 6) is 1.08. The van der Waals surface area contributed by atoms with Gasteiger partial charge in [0.1, 0.15) is 5.84 Å². The van der Waals surface area contributed by atoms with Crippen molar-refractivity contribution in [2.24, 2.45) is 15.0 Å². The first-order chi connectivity index (χ1) is 14.6. The van der Waals surface area contributed by atoms with Crippen LogP contribution in [0, 0.1) is 0 Å². The molecule has 1 aliphatic carbocycles. The van der Waals surface area contributed by atoms with E-state index in [1.165, 1.54) is 11.3 Å². The second-order valence-corrected chi connectivity index (χ2v) is 7.57. The number of amidine groups is 1. The molecule has 2 heterocycles. The van der Waals surface area contributed by atoms with Crippen molar-refractivity contribution in [1.82, 2.24) is 15.1 Å². The first kappa shape index (κ1) is 21.7. The van der Waals surface area contributed by atoms with Gasteiger partial charge in [-0.25, -0.2) is 4.99 Å². The average Bonchev–Trinajstić information content (AvgIpc) is 3.14. The van der Waals surface area contributed by atoms with E-state index < -0.39 is 0 Å². The smallest absolute Gasteiger partial charge is 0.219 e. The van der Waals surface area contributed by atoms with E-state index in [9.17, 15) is 4.79 Å². The molecule has 2 aliphatic heterocycles. The number of rotatable bonds is 5. The highest BCUT2D eigenvalue weighted by atomic mass is 16.2. The van der Waals surface area contributed by atoms with Gasteiger partial charge in [-0.3, -0.25) is 14.8 Å². The van der Waals surface area contributed by atoms with Gasteiger partial charge in [0, 0.05) is 58.0 Å². The molecule has 3 rings (SSSR count). The Kier molecular flexibility index (Phi) is 7.76. The summed E-state index contributed by atoms with van der Waals surface area (Å²) in [4.78, 5) is 29.3. The van der Waals surface area contributed by atoms with E-state index in [1.807, 2.05) is 11.9 Å². The van der Waals surface area contributed by atoms with Crippen molar-refractivity contribution < 1.29 is 4.79 Å². The lowest BCUT2D eigenvalue weighted by atomic mass is 10.0. The van der Waals surface area contributed by atoms with Gasteiger partial charge in [0.05, 0.1) is 18.8 Å². The summed E-state index contributed by atoms with van der Waals surface area (Å²) in [6.45, 7) is 9.88. The molecule has 0 radical (unpaired) electrons. The molecule has 0 aromatic heterocycles. The fourth-order valence-electron chi connectivity index (χ4n) is 3.78. The first-order valence-electron chi connectivity index (χ1n) is 10.6. The molecule has 1 amide bonds. The molecule has 30 heavy (non-hydrogen) atoms. The third-order valence-electron chi connectivity index (χ3n) is 5.49. The van der Waals surface area contributed by atoms with Crippen LogP contribution in [0.15, 0.2) is 62.3 Å². The van der Waals surface area contributed by atoms with Gasteiger partial charge < -0.3 is 15.1 Å². The molecule has 0 saturated carbocycles. The molecule has 1 saturated heterocycles. The van der Waals surface area contributed by atoms with Gasteiger partial charge >= 0.3 is 0 Å². The van der Waals surface area contributed by atoms with Crippen LogP contribution in [0.5, 0.6) is 0 Å². The molecule has 7 heteroatoms. The third kappa shape index (κ3) is 5.78. The van der Waals surface area contributed by atoms with E-state index >= 15 is 0 Å². The molecule has 160 valence electrons. The van der Waals surface area contributed by atoms with E-state index in [-0.39, 0.29) is 5.91 Å². The Morgan fingerprint density at radius 1 is 1.23 bits per heavy atom. The van der Waals surface area contributed by atoms with Crippen LogP contribution in [-0.4, -0.2) is 80.3 Å². The monoisotopic (exact) mass is 408 g/mol. The van der Waals surface area contributed by atoms with Crippen LogP contribution in [0.25, 0.3) is 0 Å². The zero-order valence-electron chi connectivity index (χ0n) is 18.1. The first-order valence-corrected chi connectivity index (χ1v) is 10.6. The van der Waals surface area contributed by atoms with Crippen molar-refractivity contribution in [3.05, 3.63) is 47.3 Å². The van der Waals surface area contributed by atoms with Crippen molar-refractivity contribution in [1.29, 1.82) is 0 Å². The number of aliphatic imine (C=N–C) groups is 3. The minimum atomic E-state index is 0.160. The van der Waals surface area contributed by atoms with Crippen LogP contribution in [0.1, 0.15) is 26.2 Å². The second kappa shape index (κ2) is 10.7. The van der Waals surface area contributed by atoms with Crippen molar-refractivity contribution in [2.75, 3.05) is 46.3 Å². The predicted molar refractivity (Wildman–Crippen MR) is 124 cm³/mol. The molecule has 0 atom stereocenters. The fraction of sp³-hybridized carbons (Fsp3) is 0.478. The lowest BCUT2D eigenvalue weighted by molar-refractivity contribution is -0.128. The zero-order chi connectivity index (χ0) is 21.3. The molecular weight excluding hydrogens is 376 g/mol. The van der Waals surface area contributed by atoms with E-state index in [0.29, 0.717) is 19.5 Å². The lowest BCUT2D eigenvalue weighted by Gasteiger charge is -2.24. The molecule has 0 unspecified atom stereocenters. The number of carbonyl (C=O) groups excluding carboxylic acids is 1. The summed E-state index contributed by atoms with van der Waals surface area (Å²) in [6.07, 6.45) is 13.3. The Morgan fingerprint density at radius 2 is 2.10 bits per heavy atom. The summed E-state index contributed by atoms with van der Waals surface area (Å²) in [7, 11) is 1.90. The summed E-state index contributed by atoms with van der Waals surface area (Å²) < 4.78 is 0. The van der Waals surface area contributed by atoms with Crippen LogP contribution in [0.4, 0.5) is 0 Å². The Morgan fingerprint density at radius 3 is 2.87 bits per heavy atom. The minimum absolute atomic E-state index is 0.160. The van der Waals surface area contributed by atoms with Gasteiger partial charge in [-0.1, -0.05) is 12.2 Å². The standard InChI is InChI=1S/C23H32N6O/c1-18(30)28-12-5-13-29(15-14-28)21-7-4-6-19(8-9-21)22-16-20(26-11-10-24-2)17-23(25-3)27-22/h4,7-9,16H,2,5-6,10-15,17H2,1,3H3,(H,25,27)/b26-20-. The maximum atomic E-state index is 11.7. The van der Waals surface area contributed by atoms with Crippen LogP contribution in [0.3, 0.4) is 0 Å². The molecule has 1 N–H and O–H groups in total. The van der Waals surface area contributed by atoms with Crippen LogP contribution >= 0.6 is 0 Å². The van der Waals surface area contributed by atoms with E-state index in [4.69, 9.17) is 4.99 Å². The summed E-state index contributed by atoms with van der Waals surface area (Å²) >= 11 is 0. The lowest BCUT2D eigenvalue weighted by Crippen LogP contribution is -2.33. The Balaban J connectivity index is 1.77. The van der Waals surface area contributed by atoms with Crippen molar-refractivity contribution >= 4 is 24.2 Å². The molecular formula is C23H32N6O. The fourth-order valence-corrected chi connectivity index (χ4v) is 3.78. The molecule has 0 spiro atoms. The third-order valence-corrected chi connectivity index (χ3v) is 5.49. The Labute approximate surface area is 179 Å². The highest BCUT2D eigenvalue weighted by Gasteiger charge is 2.19. The molecule has 1 fully saturated rings. The highest BCUT2D eigenvalue weighted by Crippen LogP contribution is 2.24. The van der Waals surface area contributed by atoms with Gasteiger partial charge in [0.25, 0.3) is 0 Å². The number of hydrogen-bond acceptors (Lipinski definition) is 6. The molecule has 0 aromatic carbocycles. The van der Waals surface area contributed by atoms with Crippen molar-refractivity contribution in [2.45, 2.75) is 26.2 Å². The minimum Gasteiger partial charge on any atom is -0.376 e. The Hall–Kier alpha value is -2.96. The van der Waals surface area contributed by atoms with Gasteiger partial charge in [-0.05, 0) is 43.4 Å². The molecule has 3 aliphatic rings. The van der Waals surface area contributed by atoms with Gasteiger partial charge in [0.15, 0.2) is 0 Å². The zero-order valence-corrected chi connectivity index (χ0v) is 18.1. The van der Waals surface area contributed by atoms with E-state index in [0.717, 1.165) is 56.3 Å². The summed E-state index contributed by atoms with van der Waals surface area (Å²) in [6, 6.07) is 0. The number of hydrogen-bond donors (Lipinski definition) is 1. The summed E-state index contributed by atoms with van der Waals surface area (Å²) in [5, 5.41) is 3.18. The van der Waals surface area contributed by atoms with Gasteiger partial charge in [-0.15, -0.1) is 0 Å². The molecule has 7 nitrogen and oxygen atoms in total. The average molecular weight is 409 g/mol. The van der Waals surface area contributed by atoms with E-state index in [2.05, 4.69) is 57.3 Å². The molecule has 0 aromatic rings. The van der Waals surface area contributed by atoms with Crippen LogP contribution < -0.4 is 5.32 Å². The highest BCUT2D eigenvalue weighted by molar-refractivity contribution is 6.11. The molecule has 0 bridgehead atoms. The van der Waals surface area contributed by atoms with Crippen LogP contribution in [-0.2, 0) is 4.79 Å². The number of nitrogens with one attached hydrogen (secondary N) is 1. The number of carbonyl (C=O) groups is 1. The Bertz CT molecular complexity index is 846. The normalized spacial score (nSPS) is 21.2. The predicted octanol–water partition coefficient (Wildman–Crippen LogP) is 2.36. The van der Waals surface area contributed by atoms with Crippen LogP contribution in [0.2, 0.25) is 0 Å². The van der Waals surface area contributed by atoms with Crippen molar-refractivity contribution in [3.63, 3.8) is 0 Å². The maximum absolute atomic E-state index is 11.7. The summed E-state index contributed by atoms with van der Waals surface area (Å²) in [5.41, 5.74) is 4.33. The van der Waals surface area contributed by atoms with Crippen molar-refractivity contribution in [3.8, 4) is 0 Å². The number of allylic oxidation sites excluding steroid dienone is 6. The SMILES string of the molecule is C=NCC/N=C1/C=C(C2=CC=C(N3CCCN(C(C)=O)CC3)C=CC2)N=C(NC)C1. The quantitative estimate of drug-likeness (QED) is 0.561. The van der Waals surface area contributed by atoms with Gasteiger partial charge in [-0.2, -0.15) is 0 Å². The number of amides is 1. The second-order valence-electron chi connectivity index (χ2n) is 7.57. The largest absolute Gasteiger partial charge is 0.376 e. The van der Waals surface area contributed by atoms with Gasteiger partial charge in [0.2, 0.25) is 5.91 Å². The topological polar surface area (TPSA) is 72.7 Å². The number of nitrogens with zero attached hydrogens (tertiary/aromatic N) is 5. The maximum Gasteiger partial charge on any atom is 0.219 e. The van der Waals surface area contributed by atoms with E-state index in [1.54, 1.807) is 6.92 Å².